The van der Waals surface area contributed by atoms with Gasteiger partial charge in [0.2, 0.25) is 0 Å². The highest BCUT2D eigenvalue weighted by Gasteiger charge is 2.21. The summed E-state index contributed by atoms with van der Waals surface area (Å²) in [7, 11) is 0. The van der Waals surface area contributed by atoms with Gasteiger partial charge < -0.3 is 9.84 Å². The van der Waals surface area contributed by atoms with Crippen molar-refractivity contribution in [1.82, 2.24) is 15.1 Å². The Labute approximate surface area is 126 Å². The Bertz CT molecular complexity index is 821. The minimum absolute atomic E-state index is 0.594. The highest BCUT2D eigenvalue weighted by molar-refractivity contribution is 7.19. The number of aromatic nitrogens is 3. The molecule has 5 nitrogen and oxygen atoms in total. The van der Waals surface area contributed by atoms with Gasteiger partial charge in [0.25, 0.3) is 0 Å². The van der Waals surface area contributed by atoms with E-state index in [4.69, 9.17) is 4.52 Å². The molecule has 0 spiro atoms. The van der Waals surface area contributed by atoms with Crippen LogP contribution in [0.4, 0.5) is 5.82 Å². The predicted octanol–water partition coefficient (Wildman–Crippen LogP) is 3.40. The van der Waals surface area contributed by atoms with Crippen molar-refractivity contribution in [1.29, 1.82) is 0 Å². The number of fused-ring (bicyclic) bond motifs is 3. The summed E-state index contributed by atoms with van der Waals surface area (Å²) in [6, 6.07) is 1.94. The smallest absolute Gasteiger partial charge is 0.156 e. The van der Waals surface area contributed by atoms with Crippen molar-refractivity contribution in [2.45, 2.75) is 39.7 Å². The van der Waals surface area contributed by atoms with Gasteiger partial charge in [-0.05, 0) is 38.7 Å². The zero-order valence-corrected chi connectivity index (χ0v) is 12.9. The quantitative estimate of drug-likeness (QED) is 0.803. The van der Waals surface area contributed by atoms with Gasteiger partial charge in [0.15, 0.2) is 5.76 Å². The van der Waals surface area contributed by atoms with E-state index in [9.17, 15) is 0 Å². The summed E-state index contributed by atoms with van der Waals surface area (Å²) in [6.45, 7) is 4.46. The highest BCUT2D eigenvalue weighted by Crippen LogP contribution is 2.39. The molecule has 0 atom stereocenters. The standard InChI is InChI=1S/C15H16N4OS/c1-8-6-10(20-19-8)7-16-14-13-11-4-3-5-12(11)21-15(13)18-9(2)17-14/h6H,3-5,7H2,1-2H3,(H,16,17,18). The van der Waals surface area contributed by atoms with Gasteiger partial charge in [-0.2, -0.15) is 0 Å². The second-order valence-electron chi connectivity index (χ2n) is 5.45. The Morgan fingerprint density at radius 3 is 3.00 bits per heavy atom. The first-order valence-electron chi connectivity index (χ1n) is 7.15. The summed E-state index contributed by atoms with van der Waals surface area (Å²) in [4.78, 5) is 11.8. The van der Waals surface area contributed by atoms with Crippen LogP contribution < -0.4 is 5.32 Å². The lowest BCUT2D eigenvalue weighted by molar-refractivity contribution is 0.384. The molecule has 0 amide bonds. The average molecular weight is 300 g/mol. The molecular weight excluding hydrogens is 284 g/mol. The van der Waals surface area contributed by atoms with Gasteiger partial charge in [0.05, 0.1) is 17.6 Å². The molecule has 0 fully saturated rings. The molecule has 0 unspecified atom stereocenters. The van der Waals surface area contributed by atoms with Gasteiger partial charge in [-0.15, -0.1) is 11.3 Å². The van der Waals surface area contributed by atoms with E-state index < -0.39 is 0 Å². The van der Waals surface area contributed by atoms with Crippen molar-refractivity contribution in [3.8, 4) is 0 Å². The van der Waals surface area contributed by atoms with Crippen LogP contribution in [0.1, 0.15) is 34.1 Å². The molecule has 0 bridgehead atoms. The number of thiophene rings is 1. The van der Waals surface area contributed by atoms with E-state index in [-0.39, 0.29) is 0 Å². The van der Waals surface area contributed by atoms with Crippen LogP contribution in [-0.2, 0) is 19.4 Å². The van der Waals surface area contributed by atoms with Crippen molar-refractivity contribution in [2.24, 2.45) is 0 Å². The molecule has 3 aromatic heterocycles. The normalized spacial score (nSPS) is 13.8. The molecule has 1 aliphatic rings. The lowest BCUT2D eigenvalue weighted by atomic mass is 10.2. The molecule has 1 N–H and O–H groups in total. The van der Waals surface area contributed by atoms with E-state index in [0.717, 1.165) is 34.3 Å². The van der Waals surface area contributed by atoms with E-state index in [0.29, 0.717) is 6.54 Å². The summed E-state index contributed by atoms with van der Waals surface area (Å²) in [5.74, 6) is 2.55. The zero-order chi connectivity index (χ0) is 14.4. The summed E-state index contributed by atoms with van der Waals surface area (Å²) < 4.78 is 5.25. The Balaban J connectivity index is 1.73. The molecular formula is C15H16N4OS. The third kappa shape index (κ3) is 2.19. The number of nitrogens with one attached hydrogen (secondary N) is 1. The molecule has 3 heterocycles. The minimum atomic E-state index is 0.594. The van der Waals surface area contributed by atoms with Gasteiger partial charge >= 0.3 is 0 Å². The first kappa shape index (κ1) is 12.8. The monoisotopic (exact) mass is 300 g/mol. The molecule has 21 heavy (non-hydrogen) atoms. The lowest BCUT2D eigenvalue weighted by Crippen LogP contribution is -2.03. The Morgan fingerprint density at radius 1 is 1.29 bits per heavy atom. The number of hydrogen-bond donors (Lipinski definition) is 1. The molecule has 6 heteroatoms. The first-order chi connectivity index (χ1) is 10.2. The number of aryl methyl sites for hydroxylation is 4. The molecule has 1 aliphatic carbocycles. The molecule has 0 aromatic carbocycles. The Morgan fingerprint density at radius 2 is 2.19 bits per heavy atom. The summed E-state index contributed by atoms with van der Waals surface area (Å²) >= 11 is 1.81. The second-order valence-corrected chi connectivity index (χ2v) is 6.53. The molecule has 0 radical (unpaired) electrons. The van der Waals surface area contributed by atoms with Crippen LogP contribution in [0.5, 0.6) is 0 Å². The summed E-state index contributed by atoms with van der Waals surface area (Å²) in [5.41, 5.74) is 2.33. The van der Waals surface area contributed by atoms with Gasteiger partial charge in [-0.1, -0.05) is 5.16 Å². The third-order valence-corrected chi connectivity index (χ3v) is 4.97. The molecule has 0 saturated heterocycles. The highest BCUT2D eigenvalue weighted by atomic mass is 32.1. The van der Waals surface area contributed by atoms with Crippen LogP contribution in [0.15, 0.2) is 10.6 Å². The van der Waals surface area contributed by atoms with Gasteiger partial charge in [0, 0.05) is 10.9 Å². The third-order valence-electron chi connectivity index (χ3n) is 3.78. The maximum absolute atomic E-state index is 5.25. The van der Waals surface area contributed by atoms with E-state index in [2.05, 4.69) is 20.4 Å². The van der Waals surface area contributed by atoms with E-state index in [1.54, 1.807) is 0 Å². The van der Waals surface area contributed by atoms with Crippen LogP contribution in [0.3, 0.4) is 0 Å². The molecule has 0 aliphatic heterocycles. The fourth-order valence-corrected chi connectivity index (χ4v) is 4.21. The van der Waals surface area contributed by atoms with Gasteiger partial charge in [-0.25, -0.2) is 9.97 Å². The van der Waals surface area contributed by atoms with Crippen LogP contribution in [0.25, 0.3) is 10.2 Å². The second kappa shape index (κ2) is 4.80. The number of rotatable bonds is 3. The van der Waals surface area contributed by atoms with Gasteiger partial charge in [-0.3, -0.25) is 0 Å². The predicted molar refractivity (Wildman–Crippen MR) is 82.7 cm³/mol. The Hall–Kier alpha value is -1.95. The minimum Gasteiger partial charge on any atom is -0.362 e. The van der Waals surface area contributed by atoms with Crippen LogP contribution in [-0.4, -0.2) is 15.1 Å². The Kier molecular flexibility index (Phi) is 2.92. The van der Waals surface area contributed by atoms with Crippen molar-refractivity contribution >= 4 is 27.4 Å². The van der Waals surface area contributed by atoms with Crippen molar-refractivity contribution in [2.75, 3.05) is 5.32 Å². The molecule has 4 rings (SSSR count). The SMILES string of the molecule is Cc1cc(CNc2nc(C)nc3sc4c(c23)CCC4)on1. The van der Waals surface area contributed by atoms with Crippen LogP contribution in [0.2, 0.25) is 0 Å². The van der Waals surface area contributed by atoms with Crippen molar-refractivity contribution in [3.05, 3.63) is 33.8 Å². The molecule has 0 saturated carbocycles. The van der Waals surface area contributed by atoms with E-state index >= 15 is 0 Å². The molecule has 3 aromatic rings. The summed E-state index contributed by atoms with van der Waals surface area (Å²) in [6.07, 6.45) is 3.56. The van der Waals surface area contributed by atoms with Crippen LogP contribution in [0, 0.1) is 13.8 Å². The summed E-state index contributed by atoms with van der Waals surface area (Å²) in [5, 5.41) is 8.51. The zero-order valence-electron chi connectivity index (χ0n) is 12.1. The van der Waals surface area contributed by atoms with Crippen LogP contribution >= 0.6 is 11.3 Å². The number of nitrogens with zero attached hydrogens (tertiary/aromatic N) is 3. The van der Waals surface area contributed by atoms with E-state index in [1.165, 1.54) is 28.7 Å². The number of hydrogen-bond acceptors (Lipinski definition) is 6. The maximum atomic E-state index is 5.25. The average Bonchev–Trinajstić information content (AvgIpc) is 3.11. The van der Waals surface area contributed by atoms with E-state index in [1.807, 2.05) is 31.3 Å². The lowest BCUT2D eigenvalue weighted by Gasteiger charge is -2.07. The van der Waals surface area contributed by atoms with Gasteiger partial charge in [0.1, 0.15) is 16.5 Å². The van der Waals surface area contributed by atoms with Crippen molar-refractivity contribution < 1.29 is 4.52 Å². The first-order valence-corrected chi connectivity index (χ1v) is 7.97. The maximum Gasteiger partial charge on any atom is 0.156 e. The topological polar surface area (TPSA) is 63.8 Å². The fraction of sp³-hybridized carbons (Fsp3) is 0.400. The fourth-order valence-electron chi connectivity index (χ4n) is 2.90. The largest absolute Gasteiger partial charge is 0.362 e. The van der Waals surface area contributed by atoms with Crippen molar-refractivity contribution in [3.63, 3.8) is 0 Å². The molecule has 108 valence electrons. The number of anilines is 1.